The molecule has 20 heavy (non-hydrogen) atoms. The summed E-state index contributed by atoms with van der Waals surface area (Å²) in [6.07, 6.45) is 2.43. The molecular formula is C14H23N3O2S. The Balaban J connectivity index is 2.10. The number of hydrogen-bond acceptors (Lipinski definition) is 6. The Hall–Kier alpha value is -0.850. The van der Waals surface area contributed by atoms with Crippen LogP contribution in [0.1, 0.15) is 32.5 Å². The number of aromatic nitrogens is 2. The zero-order chi connectivity index (χ0) is 14.4. The van der Waals surface area contributed by atoms with Gasteiger partial charge < -0.3 is 14.8 Å². The normalized spacial score (nSPS) is 22.1. The van der Waals surface area contributed by atoms with Crippen molar-refractivity contribution in [2.75, 3.05) is 25.6 Å². The van der Waals surface area contributed by atoms with Gasteiger partial charge in [-0.3, -0.25) is 0 Å². The second-order valence-electron chi connectivity index (χ2n) is 4.89. The Morgan fingerprint density at radius 1 is 1.50 bits per heavy atom. The third-order valence-electron chi connectivity index (χ3n) is 3.16. The Morgan fingerprint density at radius 2 is 2.35 bits per heavy atom. The fourth-order valence-corrected chi connectivity index (χ4v) is 3.22. The molecule has 0 radical (unpaired) electrons. The lowest BCUT2D eigenvalue weighted by atomic mass is 10.3. The molecule has 1 aromatic rings. The van der Waals surface area contributed by atoms with E-state index in [-0.39, 0.29) is 6.10 Å². The highest BCUT2D eigenvalue weighted by molar-refractivity contribution is 7.99. The maximum absolute atomic E-state index is 5.61. The van der Waals surface area contributed by atoms with Crippen LogP contribution in [0.15, 0.2) is 11.1 Å². The summed E-state index contributed by atoms with van der Waals surface area (Å²) in [6.45, 7) is 6.45. The predicted octanol–water partition coefficient (Wildman–Crippen LogP) is 2.71. The highest BCUT2D eigenvalue weighted by Gasteiger charge is 2.26. The van der Waals surface area contributed by atoms with Crippen LogP contribution in [0, 0.1) is 0 Å². The molecule has 0 aromatic carbocycles. The Morgan fingerprint density at radius 3 is 3.00 bits per heavy atom. The van der Waals surface area contributed by atoms with Crippen molar-refractivity contribution in [2.45, 2.75) is 49.7 Å². The molecule has 2 unspecified atom stereocenters. The lowest BCUT2D eigenvalue weighted by Crippen LogP contribution is -2.14. The van der Waals surface area contributed by atoms with Crippen molar-refractivity contribution in [3.8, 4) is 0 Å². The van der Waals surface area contributed by atoms with E-state index in [1.54, 1.807) is 18.9 Å². The first-order valence-corrected chi connectivity index (χ1v) is 8.00. The van der Waals surface area contributed by atoms with E-state index in [1.807, 2.05) is 6.07 Å². The molecular weight excluding hydrogens is 274 g/mol. The summed E-state index contributed by atoms with van der Waals surface area (Å²) in [5.74, 6) is 1.60. The molecule has 1 saturated heterocycles. The number of nitrogens with one attached hydrogen (secondary N) is 1. The summed E-state index contributed by atoms with van der Waals surface area (Å²) in [6, 6.07) is 2.02. The molecule has 5 nitrogen and oxygen atoms in total. The molecule has 2 heterocycles. The largest absolute Gasteiger partial charge is 0.377 e. The summed E-state index contributed by atoms with van der Waals surface area (Å²) in [5, 5.41) is 4.78. The first-order chi connectivity index (χ1) is 9.72. The lowest BCUT2D eigenvalue weighted by Gasteiger charge is -2.14. The summed E-state index contributed by atoms with van der Waals surface area (Å²) in [4.78, 5) is 9.02. The lowest BCUT2D eigenvalue weighted by molar-refractivity contribution is 0.127. The third-order valence-corrected chi connectivity index (χ3v) is 4.53. The fourth-order valence-electron chi connectivity index (χ4n) is 2.09. The van der Waals surface area contributed by atoms with Crippen LogP contribution in [0.25, 0.3) is 0 Å². The quantitative estimate of drug-likeness (QED) is 0.781. The first-order valence-electron chi connectivity index (χ1n) is 7.12. The first kappa shape index (κ1) is 15.5. The molecule has 112 valence electrons. The summed E-state index contributed by atoms with van der Waals surface area (Å²) < 4.78 is 10.8. The Kier molecular flexibility index (Phi) is 6.06. The number of ether oxygens (including phenoxy) is 2. The molecule has 6 heteroatoms. The Labute approximate surface area is 124 Å². The third kappa shape index (κ3) is 4.33. The van der Waals surface area contributed by atoms with Gasteiger partial charge in [0.05, 0.1) is 6.10 Å². The molecule has 0 bridgehead atoms. The number of methoxy groups -OCH3 is 1. The van der Waals surface area contributed by atoms with Crippen LogP contribution in [-0.4, -0.2) is 41.6 Å². The SMILES string of the molecule is CCCNc1cc(SC2CCOC2C)nc(COC)n1. The molecule has 1 fully saturated rings. The molecule has 0 saturated carbocycles. The van der Waals surface area contributed by atoms with Crippen LogP contribution >= 0.6 is 11.8 Å². The van der Waals surface area contributed by atoms with Gasteiger partial charge in [-0.25, -0.2) is 9.97 Å². The minimum atomic E-state index is 0.285. The minimum absolute atomic E-state index is 0.285. The monoisotopic (exact) mass is 297 g/mol. The zero-order valence-corrected chi connectivity index (χ0v) is 13.2. The summed E-state index contributed by atoms with van der Waals surface area (Å²) >= 11 is 1.78. The molecule has 2 atom stereocenters. The minimum Gasteiger partial charge on any atom is -0.377 e. The van der Waals surface area contributed by atoms with E-state index in [4.69, 9.17) is 9.47 Å². The molecule has 0 aliphatic carbocycles. The van der Waals surface area contributed by atoms with Crippen molar-refractivity contribution in [3.05, 3.63) is 11.9 Å². The van der Waals surface area contributed by atoms with Gasteiger partial charge in [-0.2, -0.15) is 0 Å². The molecule has 2 rings (SSSR count). The fraction of sp³-hybridized carbons (Fsp3) is 0.714. The Bertz CT molecular complexity index is 431. The summed E-state index contributed by atoms with van der Waals surface area (Å²) in [5.41, 5.74) is 0. The second-order valence-corrected chi connectivity index (χ2v) is 6.15. The maximum Gasteiger partial charge on any atom is 0.157 e. The molecule has 0 amide bonds. The molecule has 1 aromatic heterocycles. The number of hydrogen-bond donors (Lipinski definition) is 1. The van der Waals surface area contributed by atoms with Crippen molar-refractivity contribution in [2.24, 2.45) is 0 Å². The van der Waals surface area contributed by atoms with Gasteiger partial charge in [-0.05, 0) is 19.8 Å². The highest BCUT2D eigenvalue weighted by Crippen LogP contribution is 2.32. The smallest absolute Gasteiger partial charge is 0.157 e. The van der Waals surface area contributed by atoms with Crippen LogP contribution in [0.3, 0.4) is 0 Å². The van der Waals surface area contributed by atoms with E-state index in [1.165, 1.54) is 0 Å². The van der Waals surface area contributed by atoms with Crippen molar-refractivity contribution in [3.63, 3.8) is 0 Å². The van der Waals surface area contributed by atoms with E-state index in [2.05, 4.69) is 29.1 Å². The van der Waals surface area contributed by atoms with Gasteiger partial charge in [0.2, 0.25) is 0 Å². The second kappa shape index (κ2) is 7.81. The van der Waals surface area contributed by atoms with Crippen LogP contribution in [0.4, 0.5) is 5.82 Å². The number of nitrogens with zero attached hydrogens (tertiary/aromatic N) is 2. The highest BCUT2D eigenvalue weighted by atomic mass is 32.2. The zero-order valence-electron chi connectivity index (χ0n) is 12.4. The van der Waals surface area contributed by atoms with Gasteiger partial charge in [0.15, 0.2) is 5.82 Å². The maximum atomic E-state index is 5.61. The standard InChI is InChI=1S/C14H23N3O2S/c1-4-6-15-12-8-14(17-13(16-12)9-18-3)20-11-5-7-19-10(11)2/h8,10-11H,4-7,9H2,1-3H3,(H,15,16,17). The summed E-state index contributed by atoms with van der Waals surface area (Å²) in [7, 11) is 1.66. The van der Waals surface area contributed by atoms with E-state index in [9.17, 15) is 0 Å². The van der Waals surface area contributed by atoms with E-state index >= 15 is 0 Å². The van der Waals surface area contributed by atoms with E-state index in [0.29, 0.717) is 11.9 Å². The molecule has 1 aliphatic heterocycles. The topological polar surface area (TPSA) is 56.3 Å². The van der Waals surface area contributed by atoms with Gasteiger partial charge >= 0.3 is 0 Å². The van der Waals surface area contributed by atoms with Gasteiger partial charge in [-0.15, -0.1) is 11.8 Å². The van der Waals surface area contributed by atoms with Crippen LogP contribution in [-0.2, 0) is 16.1 Å². The van der Waals surface area contributed by atoms with Crippen molar-refractivity contribution in [1.82, 2.24) is 9.97 Å². The van der Waals surface area contributed by atoms with Crippen molar-refractivity contribution >= 4 is 17.6 Å². The molecule has 1 N–H and O–H groups in total. The van der Waals surface area contributed by atoms with Gasteiger partial charge in [-0.1, -0.05) is 6.92 Å². The van der Waals surface area contributed by atoms with E-state index < -0.39 is 0 Å². The molecule has 0 spiro atoms. The number of rotatable bonds is 7. The van der Waals surface area contributed by atoms with E-state index in [0.717, 1.165) is 42.7 Å². The van der Waals surface area contributed by atoms with Crippen molar-refractivity contribution < 1.29 is 9.47 Å². The van der Waals surface area contributed by atoms with Crippen LogP contribution < -0.4 is 5.32 Å². The molecule has 1 aliphatic rings. The van der Waals surface area contributed by atoms with Gasteiger partial charge in [0.1, 0.15) is 17.5 Å². The average molecular weight is 297 g/mol. The van der Waals surface area contributed by atoms with Crippen LogP contribution in [0.5, 0.6) is 0 Å². The number of thioether (sulfide) groups is 1. The van der Waals surface area contributed by atoms with Gasteiger partial charge in [0.25, 0.3) is 0 Å². The van der Waals surface area contributed by atoms with Crippen LogP contribution in [0.2, 0.25) is 0 Å². The number of anilines is 1. The predicted molar refractivity (Wildman–Crippen MR) is 81.2 cm³/mol. The van der Waals surface area contributed by atoms with Crippen molar-refractivity contribution in [1.29, 1.82) is 0 Å². The van der Waals surface area contributed by atoms with Gasteiger partial charge in [0, 0.05) is 31.6 Å². The average Bonchev–Trinajstić information content (AvgIpc) is 2.82.